The van der Waals surface area contributed by atoms with Crippen LogP contribution in [0.3, 0.4) is 0 Å². The molecule has 0 bridgehead atoms. The number of carboxylic acids is 1. The summed E-state index contributed by atoms with van der Waals surface area (Å²) in [6.45, 7) is 1.80. The molecule has 0 radical (unpaired) electrons. The number of aliphatic carboxylic acids is 1. The Morgan fingerprint density at radius 3 is 2.61 bits per heavy atom. The average molecular weight is 379 g/mol. The summed E-state index contributed by atoms with van der Waals surface area (Å²) in [6, 6.07) is 11.2. The van der Waals surface area contributed by atoms with Crippen LogP contribution in [0, 0.1) is 0 Å². The van der Waals surface area contributed by atoms with Crippen LogP contribution in [0.4, 0.5) is 0 Å². The van der Waals surface area contributed by atoms with Crippen molar-refractivity contribution in [3.63, 3.8) is 0 Å². The summed E-state index contributed by atoms with van der Waals surface area (Å²) in [5.74, 6) is -0.398. The number of aromatic amines is 1. The van der Waals surface area contributed by atoms with Crippen LogP contribution >= 0.6 is 0 Å². The molecule has 2 aromatic carbocycles. The lowest BCUT2D eigenvalue weighted by molar-refractivity contribution is -0.136. The van der Waals surface area contributed by atoms with E-state index in [1.54, 1.807) is 31.6 Å². The summed E-state index contributed by atoms with van der Waals surface area (Å²) in [5, 5.41) is 18.7. The van der Waals surface area contributed by atoms with Gasteiger partial charge in [-0.2, -0.15) is 5.10 Å². The predicted molar refractivity (Wildman–Crippen MR) is 105 cm³/mol. The Balaban J connectivity index is 2.11. The zero-order valence-corrected chi connectivity index (χ0v) is 15.7. The van der Waals surface area contributed by atoms with Crippen molar-refractivity contribution in [1.82, 2.24) is 15.5 Å². The molecule has 144 valence electrons. The smallest absolute Gasteiger partial charge is 0.307 e. The molecule has 1 amide bonds. The molecule has 0 unspecified atom stereocenters. The second kappa shape index (κ2) is 8.39. The lowest BCUT2D eigenvalue weighted by atomic mass is 9.93. The van der Waals surface area contributed by atoms with Crippen LogP contribution in [0.1, 0.15) is 18.1 Å². The molecule has 3 aromatic rings. The van der Waals surface area contributed by atoms with Gasteiger partial charge in [0.15, 0.2) is 0 Å². The Labute approximate surface area is 162 Å². The normalized spacial score (nSPS) is 10.5. The van der Waals surface area contributed by atoms with Crippen molar-refractivity contribution in [2.45, 2.75) is 19.9 Å². The number of aromatic nitrogens is 2. The second-order valence-corrected chi connectivity index (χ2v) is 6.37. The molecular formula is C21H21N3O4. The van der Waals surface area contributed by atoms with Crippen LogP contribution in [0.2, 0.25) is 0 Å². The van der Waals surface area contributed by atoms with E-state index in [0.29, 0.717) is 17.9 Å². The maximum Gasteiger partial charge on any atom is 0.307 e. The lowest BCUT2D eigenvalue weighted by Crippen LogP contribution is -2.19. The van der Waals surface area contributed by atoms with Crippen molar-refractivity contribution in [2.24, 2.45) is 0 Å². The van der Waals surface area contributed by atoms with Gasteiger partial charge in [0.25, 0.3) is 0 Å². The van der Waals surface area contributed by atoms with E-state index in [-0.39, 0.29) is 12.3 Å². The van der Waals surface area contributed by atoms with Crippen molar-refractivity contribution >= 4 is 11.9 Å². The zero-order valence-electron chi connectivity index (χ0n) is 15.7. The molecule has 3 N–H and O–H groups in total. The molecule has 1 heterocycles. The molecule has 7 nitrogen and oxygen atoms in total. The number of rotatable bonds is 7. The fraction of sp³-hybridized carbons (Fsp3) is 0.190. The molecule has 28 heavy (non-hydrogen) atoms. The van der Waals surface area contributed by atoms with Gasteiger partial charge < -0.3 is 15.2 Å². The first-order valence-corrected chi connectivity index (χ1v) is 8.73. The number of hydrogen-bond donors (Lipinski definition) is 3. The number of carbonyl (C=O) groups excluding carboxylic acids is 1. The number of nitrogens with zero attached hydrogens (tertiary/aromatic N) is 1. The molecule has 7 heteroatoms. The van der Waals surface area contributed by atoms with Crippen LogP contribution in [0.15, 0.2) is 48.8 Å². The molecule has 0 saturated heterocycles. The van der Waals surface area contributed by atoms with Crippen molar-refractivity contribution in [3.05, 3.63) is 59.9 Å². The summed E-state index contributed by atoms with van der Waals surface area (Å²) in [6.07, 6.45) is 3.45. The highest BCUT2D eigenvalue weighted by Crippen LogP contribution is 2.35. The number of carboxylic acid groups (broad SMARTS) is 1. The first-order chi connectivity index (χ1) is 13.5. The highest BCUT2D eigenvalue weighted by Gasteiger charge is 2.14. The number of carbonyl (C=O) groups is 2. The number of nitrogens with one attached hydrogen (secondary N) is 2. The van der Waals surface area contributed by atoms with Crippen LogP contribution in [-0.4, -0.2) is 34.3 Å². The van der Waals surface area contributed by atoms with Crippen LogP contribution in [0.25, 0.3) is 22.3 Å². The largest absolute Gasteiger partial charge is 0.496 e. The number of H-pyrrole nitrogens is 1. The summed E-state index contributed by atoms with van der Waals surface area (Å²) >= 11 is 0. The molecule has 0 atom stereocenters. The summed E-state index contributed by atoms with van der Waals surface area (Å²) in [5.41, 5.74) is 5.10. The molecular weight excluding hydrogens is 358 g/mol. The molecule has 0 aliphatic rings. The number of amides is 1. The lowest BCUT2D eigenvalue weighted by Gasteiger charge is -2.16. The van der Waals surface area contributed by atoms with Gasteiger partial charge in [0, 0.05) is 30.8 Å². The monoisotopic (exact) mass is 379 g/mol. The van der Waals surface area contributed by atoms with E-state index in [9.17, 15) is 9.59 Å². The quantitative estimate of drug-likeness (QED) is 0.585. The number of hydrogen-bond acceptors (Lipinski definition) is 4. The molecule has 0 fully saturated rings. The Kier molecular flexibility index (Phi) is 5.74. The minimum absolute atomic E-state index is 0.0782. The van der Waals surface area contributed by atoms with Crippen molar-refractivity contribution in [2.75, 3.05) is 7.11 Å². The second-order valence-electron chi connectivity index (χ2n) is 6.37. The third kappa shape index (κ3) is 4.37. The Morgan fingerprint density at radius 1 is 1.14 bits per heavy atom. The first-order valence-electron chi connectivity index (χ1n) is 8.73. The van der Waals surface area contributed by atoms with Gasteiger partial charge in [0.2, 0.25) is 5.91 Å². The van der Waals surface area contributed by atoms with E-state index in [2.05, 4.69) is 15.5 Å². The summed E-state index contributed by atoms with van der Waals surface area (Å²) in [7, 11) is 1.57. The van der Waals surface area contributed by atoms with Gasteiger partial charge in [-0.05, 0) is 40.5 Å². The number of benzene rings is 2. The average Bonchev–Trinajstić information content (AvgIpc) is 3.20. The van der Waals surface area contributed by atoms with Crippen molar-refractivity contribution < 1.29 is 19.4 Å². The van der Waals surface area contributed by atoms with E-state index in [0.717, 1.165) is 27.8 Å². The van der Waals surface area contributed by atoms with Gasteiger partial charge in [0.05, 0.1) is 19.7 Å². The fourth-order valence-electron chi connectivity index (χ4n) is 3.06. The van der Waals surface area contributed by atoms with Gasteiger partial charge in [-0.3, -0.25) is 14.7 Å². The molecule has 0 aliphatic heterocycles. The molecule has 3 rings (SSSR count). The zero-order chi connectivity index (χ0) is 20.1. The fourth-order valence-corrected chi connectivity index (χ4v) is 3.06. The minimum atomic E-state index is -0.898. The Morgan fingerprint density at radius 2 is 1.96 bits per heavy atom. The minimum Gasteiger partial charge on any atom is -0.496 e. The molecule has 0 aliphatic carbocycles. The Bertz CT molecular complexity index is 997. The highest BCUT2D eigenvalue weighted by molar-refractivity contribution is 5.80. The van der Waals surface area contributed by atoms with E-state index in [1.165, 1.54) is 6.92 Å². The number of ether oxygens (including phenoxy) is 1. The summed E-state index contributed by atoms with van der Waals surface area (Å²) in [4.78, 5) is 22.6. The topological polar surface area (TPSA) is 104 Å². The van der Waals surface area contributed by atoms with Gasteiger partial charge in [-0.15, -0.1) is 0 Å². The Hall–Kier alpha value is -3.61. The van der Waals surface area contributed by atoms with Crippen LogP contribution in [0.5, 0.6) is 5.75 Å². The highest BCUT2D eigenvalue weighted by atomic mass is 16.5. The maximum absolute atomic E-state index is 11.5. The van der Waals surface area contributed by atoms with Gasteiger partial charge >= 0.3 is 5.97 Å². The first kappa shape index (κ1) is 19.2. The SMILES string of the molecule is COc1ccc(CC(=O)O)cc1-c1ccc(-c2cn[nH]c2)cc1CNC(C)=O. The van der Waals surface area contributed by atoms with Gasteiger partial charge in [-0.1, -0.05) is 18.2 Å². The van der Waals surface area contributed by atoms with Crippen molar-refractivity contribution in [1.29, 1.82) is 0 Å². The predicted octanol–water partition coefficient (Wildman–Crippen LogP) is 3.02. The van der Waals surface area contributed by atoms with E-state index in [1.807, 2.05) is 24.3 Å². The third-order valence-electron chi connectivity index (χ3n) is 4.37. The number of methoxy groups -OCH3 is 1. The van der Waals surface area contributed by atoms with Gasteiger partial charge in [0.1, 0.15) is 5.75 Å². The van der Waals surface area contributed by atoms with E-state index >= 15 is 0 Å². The standard InChI is InChI=1S/C21H21N3O4/c1-13(25)22-10-16-9-15(17-11-23-24-12-17)4-5-18(16)19-7-14(8-21(26)27)3-6-20(19)28-2/h3-7,9,11-12H,8,10H2,1-2H3,(H,22,25)(H,23,24)(H,26,27). The third-order valence-corrected chi connectivity index (χ3v) is 4.37. The molecule has 0 spiro atoms. The molecule has 1 aromatic heterocycles. The maximum atomic E-state index is 11.5. The van der Waals surface area contributed by atoms with E-state index in [4.69, 9.17) is 9.84 Å². The summed E-state index contributed by atoms with van der Waals surface area (Å²) < 4.78 is 5.49. The van der Waals surface area contributed by atoms with E-state index < -0.39 is 5.97 Å². The van der Waals surface area contributed by atoms with Crippen LogP contribution < -0.4 is 10.1 Å². The van der Waals surface area contributed by atoms with Crippen LogP contribution in [-0.2, 0) is 22.6 Å². The molecule has 0 saturated carbocycles. The van der Waals surface area contributed by atoms with Crippen molar-refractivity contribution in [3.8, 4) is 28.0 Å². The van der Waals surface area contributed by atoms with Gasteiger partial charge in [-0.25, -0.2) is 0 Å².